The van der Waals surface area contributed by atoms with Crippen LogP contribution in [-0.4, -0.2) is 20.6 Å². The van der Waals surface area contributed by atoms with E-state index in [0.29, 0.717) is 5.82 Å². The molecule has 1 aromatic heterocycles. The van der Waals surface area contributed by atoms with Crippen molar-refractivity contribution < 1.29 is 32.7 Å². The maximum Gasteiger partial charge on any atom is 0.197 e. The van der Waals surface area contributed by atoms with Crippen molar-refractivity contribution in [2.24, 2.45) is 0 Å². The Morgan fingerprint density at radius 3 is 2.96 bits per heavy atom. The molecule has 1 unspecified atom stereocenters. The first-order valence-electron chi connectivity index (χ1n) is 7.81. The molecule has 0 spiro atoms. The normalized spacial score (nSPS) is 16.0. The van der Waals surface area contributed by atoms with Crippen LogP contribution in [0.1, 0.15) is 28.6 Å². The molecule has 4 rings (SSSR count). The van der Waals surface area contributed by atoms with Crippen molar-refractivity contribution in [3.05, 3.63) is 77.1 Å². The Bertz CT molecular complexity index is 862. The third-order valence-corrected chi connectivity index (χ3v) is 4.17. The molecule has 0 bridgehead atoms. The second kappa shape index (κ2) is 8.00. The summed E-state index contributed by atoms with van der Waals surface area (Å²) in [4.78, 5) is 0. The molecular weight excluding hydrogens is 389 g/mol. The van der Waals surface area contributed by atoms with Gasteiger partial charge in [-0.3, -0.25) is 0 Å². The van der Waals surface area contributed by atoms with E-state index in [1.54, 1.807) is 0 Å². The average molecular weight is 406 g/mol. The van der Waals surface area contributed by atoms with Gasteiger partial charge in [-0.25, -0.2) is 5.43 Å². The zero-order valence-corrected chi connectivity index (χ0v) is 16.7. The molecule has 2 heterocycles. The van der Waals surface area contributed by atoms with Crippen molar-refractivity contribution in [1.82, 2.24) is 26.0 Å². The van der Waals surface area contributed by atoms with Crippen LogP contribution in [0.15, 0.2) is 48.5 Å². The predicted octanol–water partition coefficient (Wildman–Crippen LogP) is 2.59. The van der Waals surface area contributed by atoms with Crippen LogP contribution in [0, 0.1) is 13.0 Å². The summed E-state index contributed by atoms with van der Waals surface area (Å²) in [6, 6.07) is 17.7. The zero-order valence-electron chi connectivity index (χ0n) is 13.8. The van der Waals surface area contributed by atoms with Gasteiger partial charge in [-0.1, -0.05) is 31.2 Å². The summed E-state index contributed by atoms with van der Waals surface area (Å²) in [5.41, 5.74) is 8.48. The monoisotopic (exact) mass is 406 g/mol. The van der Waals surface area contributed by atoms with E-state index < -0.39 is 0 Å². The fourth-order valence-corrected chi connectivity index (χ4v) is 2.90. The Hall–Kier alpha value is -1.89. The van der Waals surface area contributed by atoms with Crippen molar-refractivity contribution in [2.75, 3.05) is 5.01 Å². The number of hydrogen-bond donors (Lipinski definition) is 2. The van der Waals surface area contributed by atoms with Gasteiger partial charge in [-0.05, 0) is 22.9 Å². The molecule has 7 heteroatoms. The number of aromatic amines is 1. The van der Waals surface area contributed by atoms with Gasteiger partial charge in [0.15, 0.2) is 5.82 Å². The zero-order chi connectivity index (χ0) is 16.4. The molecule has 123 valence electrons. The summed E-state index contributed by atoms with van der Waals surface area (Å²) >= 11 is 0. The molecule has 0 amide bonds. The Labute approximate surface area is 171 Å². The van der Waals surface area contributed by atoms with Crippen LogP contribution in [0.25, 0.3) is 6.08 Å². The van der Waals surface area contributed by atoms with Crippen LogP contribution in [0.3, 0.4) is 0 Å². The number of aromatic nitrogens is 4. The molecule has 2 aromatic carbocycles. The summed E-state index contributed by atoms with van der Waals surface area (Å²) in [5.74, 6) is 0.571. The molecule has 1 atom stereocenters. The van der Waals surface area contributed by atoms with Crippen LogP contribution in [0.2, 0.25) is 0 Å². The molecule has 0 aliphatic carbocycles. The number of para-hydroxylation sites is 1. The van der Waals surface area contributed by atoms with E-state index in [9.17, 15) is 0 Å². The van der Waals surface area contributed by atoms with E-state index in [-0.39, 0.29) is 38.8 Å². The maximum absolute atomic E-state index is 3.95. The maximum atomic E-state index is 3.95. The van der Waals surface area contributed by atoms with Crippen LogP contribution >= 0.6 is 0 Å². The SMILES string of the molecule is Cc1c[c-]ccc1CN1NC(/C=C/c2nn[nH]n2)c2ccccc21.[Y]. The van der Waals surface area contributed by atoms with E-state index in [0.717, 1.165) is 6.54 Å². The minimum absolute atomic E-state index is 0. The van der Waals surface area contributed by atoms with E-state index in [2.05, 4.69) is 80.5 Å². The van der Waals surface area contributed by atoms with Crippen LogP contribution < -0.4 is 10.4 Å². The number of nitrogens with one attached hydrogen (secondary N) is 2. The molecule has 0 fully saturated rings. The second-order valence-corrected chi connectivity index (χ2v) is 5.73. The molecule has 0 saturated heterocycles. The molecule has 3 aromatic rings. The fourth-order valence-electron chi connectivity index (χ4n) is 2.90. The van der Waals surface area contributed by atoms with E-state index in [1.807, 2.05) is 18.2 Å². The number of fused-ring (bicyclic) bond motifs is 1. The first kappa shape index (κ1) is 17.9. The molecule has 2 N–H and O–H groups in total. The van der Waals surface area contributed by atoms with Gasteiger partial charge in [0.25, 0.3) is 0 Å². The van der Waals surface area contributed by atoms with Crippen LogP contribution in [0.4, 0.5) is 5.69 Å². The summed E-state index contributed by atoms with van der Waals surface area (Å²) in [7, 11) is 0. The van der Waals surface area contributed by atoms with Gasteiger partial charge < -0.3 is 5.01 Å². The number of hydrazine groups is 1. The number of rotatable bonds is 4. The van der Waals surface area contributed by atoms with Gasteiger partial charge in [0.1, 0.15) is 0 Å². The Balaban J connectivity index is 0.00000182. The van der Waals surface area contributed by atoms with Gasteiger partial charge in [0.05, 0.1) is 11.7 Å². The minimum atomic E-state index is 0. The number of benzene rings is 2. The summed E-state index contributed by atoms with van der Waals surface area (Å²) < 4.78 is 0. The predicted molar refractivity (Wildman–Crippen MR) is 91.7 cm³/mol. The molecule has 1 radical (unpaired) electrons. The Kier molecular flexibility index (Phi) is 5.73. The Morgan fingerprint density at radius 1 is 1.28 bits per heavy atom. The van der Waals surface area contributed by atoms with Crippen molar-refractivity contribution in [3.8, 4) is 0 Å². The Morgan fingerprint density at radius 2 is 2.16 bits per heavy atom. The minimum Gasteiger partial charge on any atom is -0.305 e. The van der Waals surface area contributed by atoms with Gasteiger partial charge in [0, 0.05) is 39.3 Å². The van der Waals surface area contributed by atoms with Crippen LogP contribution in [0.5, 0.6) is 0 Å². The van der Waals surface area contributed by atoms with Gasteiger partial charge in [0.2, 0.25) is 0 Å². The van der Waals surface area contributed by atoms with E-state index in [1.165, 1.54) is 22.4 Å². The number of tetrazole rings is 1. The molecular formula is C18H17N6Y-. The number of anilines is 1. The first-order chi connectivity index (χ1) is 11.8. The van der Waals surface area contributed by atoms with Crippen LogP contribution in [-0.2, 0) is 39.3 Å². The smallest absolute Gasteiger partial charge is 0.197 e. The number of H-pyrrole nitrogens is 1. The topological polar surface area (TPSA) is 69.7 Å². The second-order valence-electron chi connectivity index (χ2n) is 5.73. The first-order valence-corrected chi connectivity index (χ1v) is 7.81. The van der Waals surface area contributed by atoms with Gasteiger partial charge in [-0.2, -0.15) is 35.0 Å². The van der Waals surface area contributed by atoms with E-state index >= 15 is 0 Å². The molecule has 6 nitrogen and oxygen atoms in total. The standard InChI is InChI=1S/C18H17N6.Y/c1-13-6-2-3-7-14(13)12-24-17-9-5-4-8-15(17)16(21-24)10-11-18-19-22-23-20-18;/h3-11,16,21H,12H2,1H3,(H,19,20,22,23);/q-1;/b11-10+;. The van der Waals surface area contributed by atoms with Crippen molar-refractivity contribution in [1.29, 1.82) is 0 Å². The number of nitrogens with zero attached hydrogens (tertiary/aromatic N) is 4. The quantitative estimate of drug-likeness (QED) is 0.652. The van der Waals surface area contributed by atoms with Gasteiger partial charge in [-0.15, -0.1) is 15.8 Å². The molecule has 25 heavy (non-hydrogen) atoms. The molecule has 1 aliphatic heterocycles. The summed E-state index contributed by atoms with van der Waals surface area (Å²) in [6.45, 7) is 2.91. The summed E-state index contributed by atoms with van der Waals surface area (Å²) in [6.07, 6.45) is 3.92. The van der Waals surface area contributed by atoms with E-state index in [4.69, 9.17) is 0 Å². The van der Waals surface area contributed by atoms with Crippen molar-refractivity contribution in [3.63, 3.8) is 0 Å². The fraction of sp³-hybridized carbons (Fsp3) is 0.167. The molecule has 1 aliphatic rings. The largest absolute Gasteiger partial charge is 0.305 e. The number of aryl methyl sites for hydroxylation is 1. The third-order valence-electron chi connectivity index (χ3n) is 4.17. The average Bonchev–Trinajstić information content (AvgIpc) is 3.24. The number of hydrogen-bond acceptors (Lipinski definition) is 5. The summed E-state index contributed by atoms with van der Waals surface area (Å²) in [5, 5.41) is 16.1. The molecule has 0 saturated carbocycles. The third kappa shape index (κ3) is 3.86. The van der Waals surface area contributed by atoms with Crippen molar-refractivity contribution >= 4 is 11.8 Å². The van der Waals surface area contributed by atoms with Crippen molar-refractivity contribution in [2.45, 2.75) is 19.5 Å². The van der Waals surface area contributed by atoms with Gasteiger partial charge >= 0.3 is 0 Å².